The summed E-state index contributed by atoms with van der Waals surface area (Å²) in [7, 11) is 0. The zero-order chi connectivity index (χ0) is 16.2. The third-order valence-electron chi connectivity index (χ3n) is 4.37. The fourth-order valence-electron chi connectivity index (χ4n) is 2.93. The number of rotatable bonds is 5. The Hall–Kier alpha value is -2.16. The van der Waals surface area contributed by atoms with Gasteiger partial charge in [0.2, 0.25) is 0 Å². The molecule has 2 nitrogen and oxygen atoms in total. The van der Waals surface area contributed by atoms with Crippen molar-refractivity contribution in [1.29, 1.82) is 0 Å². The predicted octanol–water partition coefficient (Wildman–Crippen LogP) is 4.53. The average Bonchev–Trinajstić information content (AvgIpc) is 2.59. The van der Waals surface area contributed by atoms with Gasteiger partial charge >= 0.3 is 0 Å². The Morgan fingerprint density at radius 2 is 1.61 bits per heavy atom. The van der Waals surface area contributed by atoms with Crippen LogP contribution in [0.1, 0.15) is 35.8 Å². The highest BCUT2D eigenvalue weighted by molar-refractivity contribution is 5.86. The van der Waals surface area contributed by atoms with E-state index in [0.717, 1.165) is 5.56 Å². The lowest BCUT2D eigenvalue weighted by atomic mass is 9.99. The van der Waals surface area contributed by atoms with Crippen LogP contribution in [-0.4, -0.2) is 11.7 Å². The fourth-order valence-corrected chi connectivity index (χ4v) is 2.93. The first-order chi connectivity index (χ1) is 11.1. The van der Waals surface area contributed by atoms with Crippen LogP contribution in [0.3, 0.4) is 0 Å². The smallest absolute Gasteiger partial charge is 0.0914 e. The Labute approximate surface area is 137 Å². The molecule has 0 aliphatic carbocycles. The van der Waals surface area contributed by atoms with Crippen molar-refractivity contribution in [3.8, 4) is 0 Å². The molecule has 2 atom stereocenters. The van der Waals surface area contributed by atoms with Gasteiger partial charge in [-0.1, -0.05) is 72.3 Å². The summed E-state index contributed by atoms with van der Waals surface area (Å²) in [5.41, 5.74) is 3.42. The number of fused-ring (bicyclic) bond motifs is 1. The molecule has 0 aliphatic heterocycles. The topological polar surface area (TPSA) is 32.3 Å². The minimum atomic E-state index is -0.493. The second-order valence-electron chi connectivity index (χ2n) is 6.12. The lowest BCUT2D eigenvalue weighted by Crippen LogP contribution is -2.24. The first-order valence-corrected chi connectivity index (χ1v) is 8.11. The van der Waals surface area contributed by atoms with Gasteiger partial charge in [-0.05, 0) is 35.7 Å². The highest BCUT2D eigenvalue weighted by Gasteiger charge is 2.12. The molecule has 3 aromatic carbocycles. The molecular weight excluding hydrogens is 282 g/mol. The molecule has 3 aromatic rings. The molecule has 23 heavy (non-hydrogen) atoms. The number of aliphatic hydroxyl groups is 1. The molecule has 0 spiro atoms. The summed E-state index contributed by atoms with van der Waals surface area (Å²) < 4.78 is 0. The van der Waals surface area contributed by atoms with Gasteiger partial charge in [0.25, 0.3) is 0 Å². The van der Waals surface area contributed by atoms with Gasteiger partial charge in [-0.25, -0.2) is 0 Å². The highest BCUT2D eigenvalue weighted by Crippen LogP contribution is 2.24. The number of benzene rings is 3. The van der Waals surface area contributed by atoms with Gasteiger partial charge in [-0.2, -0.15) is 0 Å². The molecule has 0 saturated heterocycles. The monoisotopic (exact) mass is 305 g/mol. The van der Waals surface area contributed by atoms with Gasteiger partial charge in [0.15, 0.2) is 0 Å². The van der Waals surface area contributed by atoms with Crippen LogP contribution in [0.5, 0.6) is 0 Å². The second kappa shape index (κ2) is 6.95. The molecule has 0 unspecified atom stereocenters. The maximum absolute atomic E-state index is 10.4. The third-order valence-corrected chi connectivity index (χ3v) is 4.37. The van der Waals surface area contributed by atoms with Crippen LogP contribution in [0.15, 0.2) is 66.7 Å². The number of hydrogen-bond donors (Lipinski definition) is 2. The number of aryl methyl sites for hydroxylation is 1. The standard InChI is InChI=1S/C21H23NO/c1-15-10-12-18(13-11-15)21(23)14-22-16(2)19-9-5-7-17-6-3-4-8-20(17)19/h3-13,16,21-23H,14H2,1-2H3/t16-,21+/m0/s1. The Kier molecular flexibility index (Phi) is 4.75. The average molecular weight is 305 g/mol. The van der Waals surface area contributed by atoms with E-state index in [2.05, 4.69) is 61.6 Å². The molecule has 0 saturated carbocycles. The summed E-state index contributed by atoms with van der Waals surface area (Å²) in [6, 6.07) is 23.0. The number of aliphatic hydroxyl groups excluding tert-OH is 1. The van der Waals surface area contributed by atoms with Crippen LogP contribution >= 0.6 is 0 Å². The molecule has 2 heteroatoms. The van der Waals surface area contributed by atoms with Crippen molar-refractivity contribution < 1.29 is 5.11 Å². The van der Waals surface area contributed by atoms with Crippen molar-refractivity contribution in [3.05, 3.63) is 83.4 Å². The molecular formula is C21H23NO. The normalized spacial score (nSPS) is 13.9. The van der Waals surface area contributed by atoms with Crippen molar-refractivity contribution >= 4 is 10.8 Å². The summed E-state index contributed by atoms with van der Waals surface area (Å²) in [5.74, 6) is 0. The van der Waals surface area contributed by atoms with E-state index in [-0.39, 0.29) is 6.04 Å². The number of nitrogens with one attached hydrogen (secondary N) is 1. The lowest BCUT2D eigenvalue weighted by Gasteiger charge is -2.19. The van der Waals surface area contributed by atoms with E-state index in [9.17, 15) is 5.11 Å². The minimum Gasteiger partial charge on any atom is -0.387 e. The SMILES string of the molecule is Cc1ccc([C@H](O)CN[C@@H](C)c2cccc3ccccc23)cc1. The predicted molar refractivity (Wildman–Crippen MR) is 96.5 cm³/mol. The van der Waals surface area contributed by atoms with E-state index in [1.807, 2.05) is 24.3 Å². The van der Waals surface area contributed by atoms with Crippen molar-refractivity contribution in [2.45, 2.75) is 26.0 Å². The van der Waals surface area contributed by atoms with Gasteiger partial charge < -0.3 is 10.4 Å². The van der Waals surface area contributed by atoms with Crippen molar-refractivity contribution in [2.75, 3.05) is 6.54 Å². The van der Waals surface area contributed by atoms with Crippen molar-refractivity contribution in [1.82, 2.24) is 5.32 Å². The summed E-state index contributed by atoms with van der Waals surface area (Å²) in [6.45, 7) is 4.73. The maximum atomic E-state index is 10.4. The van der Waals surface area contributed by atoms with Crippen LogP contribution < -0.4 is 5.32 Å². The number of hydrogen-bond acceptors (Lipinski definition) is 2. The Morgan fingerprint density at radius 1 is 0.913 bits per heavy atom. The molecule has 118 valence electrons. The van der Waals surface area contributed by atoms with E-state index in [1.54, 1.807) is 0 Å². The van der Waals surface area contributed by atoms with E-state index in [0.29, 0.717) is 6.54 Å². The second-order valence-corrected chi connectivity index (χ2v) is 6.12. The maximum Gasteiger partial charge on any atom is 0.0914 e. The van der Waals surface area contributed by atoms with Gasteiger partial charge in [0, 0.05) is 12.6 Å². The van der Waals surface area contributed by atoms with E-state index >= 15 is 0 Å². The Morgan fingerprint density at radius 3 is 2.39 bits per heavy atom. The van der Waals surface area contributed by atoms with Gasteiger partial charge in [-0.3, -0.25) is 0 Å². The molecule has 0 radical (unpaired) electrons. The van der Waals surface area contributed by atoms with Crippen LogP contribution in [0.4, 0.5) is 0 Å². The van der Waals surface area contributed by atoms with Crippen LogP contribution in [0.2, 0.25) is 0 Å². The highest BCUT2D eigenvalue weighted by atomic mass is 16.3. The van der Waals surface area contributed by atoms with Gasteiger partial charge in [0.05, 0.1) is 6.10 Å². The zero-order valence-corrected chi connectivity index (χ0v) is 13.7. The molecule has 0 fully saturated rings. The van der Waals surface area contributed by atoms with Crippen molar-refractivity contribution in [2.24, 2.45) is 0 Å². The lowest BCUT2D eigenvalue weighted by molar-refractivity contribution is 0.171. The summed E-state index contributed by atoms with van der Waals surface area (Å²) >= 11 is 0. The van der Waals surface area contributed by atoms with E-state index in [1.165, 1.54) is 21.9 Å². The fraction of sp³-hybridized carbons (Fsp3) is 0.238. The van der Waals surface area contributed by atoms with Gasteiger partial charge in [0.1, 0.15) is 0 Å². The molecule has 0 heterocycles. The zero-order valence-electron chi connectivity index (χ0n) is 13.7. The Bertz CT molecular complexity index is 774. The van der Waals surface area contributed by atoms with E-state index in [4.69, 9.17) is 0 Å². The van der Waals surface area contributed by atoms with Crippen LogP contribution in [-0.2, 0) is 0 Å². The Balaban J connectivity index is 1.71. The van der Waals surface area contributed by atoms with Crippen LogP contribution in [0.25, 0.3) is 10.8 Å². The molecule has 0 bridgehead atoms. The molecule has 0 amide bonds. The molecule has 0 aliphatic rings. The summed E-state index contributed by atoms with van der Waals surface area (Å²) in [4.78, 5) is 0. The van der Waals surface area contributed by atoms with Crippen LogP contribution in [0, 0.1) is 6.92 Å². The summed E-state index contributed by atoms with van der Waals surface area (Å²) in [6.07, 6.45) is -0.493. The van der Waals surface area contributed by atoms with Crippen molar-refractivity contribution in [3.63, 3.8) is 0 Å². The summed E-state index contributed by atoms with van der Waals surface area (Å²) in [5, 5.41) is 16.3. The molecule has 0 aromatic heterocycles. The third kappa shape index (κ3) is 3.61. The molecule has 2 N–H and O–H groups in total. The largest absolute Gasteiger partial charge is 0.387 e. The molecule has 3 rings (SSSR count). The quantitative estimate of drug-likeness (QED) is 0.725. The van der Waals surface area contributed by atoms with E-state index < -0.39 is 6.10 Å². The first kappa shape index (κ1) is 15.7. The minimum absolute atomic E-state index is 0.182. The first-order valence-electron chi connectivity index (χ1n) is 8.11. The van der Waals surface area contributed by atoms with Gasteiger partial charge in [-0.15, -0.1) is 0 Å².